The Morgan fingerprint density at radius 2 is 2.38 bits per heavy atom. The zero-order chi connectivity index (χ0) is 15.4. The standard InChI is InChI=1S/C12H17N3O6/c1-7-4-15(12(18)14-11(7)17)10-3-8(16)9(21-10)5-20-6-13-19-2/h4,6,8-10,16H,3,5H2,1-2H3,(H,14,17,18)/t8-,9+,10+/m0/s1. The van der Waals surface area contributed by atoms with Crippen LogP contribution in [0, 0.1) is 6.92 Å². The molecule has 0 radical (unpaired) electrons. The van der Waals surface area contributed by atoms with Crippen LogP contribution >= 0.6 is 0 Å². The highest BCUT2D eigenvalue weighted by atomic mass is 16.6. The summed E-state index contributed by atoms with van der Waals surface area (Å²) in [5.41, 5.74) is -0.629. The molecule has 1 aliphatic heterocycles. The first-order valence-electron chi connectivity index (χ1n) is 6.35. The minimum atomic E-state index is -0.787. The van der Waals surface area contributed by atoms with Crippen LogP contribution in [0.3, 0.4) is 0 Å². The molecule has 0 aliphatic carbocycles. The van der Waals surface area contributed by atoms with Gasteiger partial charge in [-0.1, -0.05) is 5.16 Å². The van der Waals surface area contributed by atoms with Crippen molar-refractivity contribution in [1.82, 2.24) is 9.55 Å². The third-order valence-electron chi connectivity index (χ3n) is 3.14. The maximum atomic E-state index is 11.8. The van der Waals surface area contributed by atoms with Gasteiger partial charge in [-0.2, -0.15) is 0 Å². The molecule has 2 heterocycles. The number of aliphatic hydroxyl groups excluding tert-OH is 1. The topological polar surface area (TPSA) is 115 Å². The molecule has 0 bridgehead atoms. The van der Waals surface area contributed by atoms with Gasteiger partial charge in [0.25, 0.3) is 5.56 Å². The first kappa shape index (κ1) is 15.3. The summed E-state index contributed by atoms with van der Waals surface area (Å²) in [4.78, 5) is 29.7. The van der Waals surface area contributed by atoms with Crippen molar-refractivity contribution in [1.29, 1.82) is 0 Å². The quantitative estimate of drug-likeness (QED) is 0.413. The fraction of sp³-hybridized carbons (Fsp3) is 0.583. The van der Waals surface area contributed by atoms with Crippen molar-refractivity contribution in [3.63, 3.8) is 0 Å². The molecule has 0 spiro atoms. The van der Waals surface area contributed by atoms with Gasteiger partial charge >= 0.3 is 5.69 Å². The van der Waals surface area contributed by atoms with Crippen molar-refractivity contribution in [2.45, 2.75) is 31.8 Å². The van der Waals surface area contributed by atoms with Crippen LogP contribution in [0.2, 0.25) is 0 Å². The summed E-state index contributed by atoms with van der Waals surface area (Å²) in [7, 11) is 1.38. The Morgan fingerprint density at radius 1 is 1.62 bits per heavy atom. The lowest BCUT2D eigenvalue weighted by Gasteiger charge is -2.15. The molecule has 1 aromatic heterocycles. The van der Waals surface area contributed by atoms with E-state index in [0.717, 1.165) is 6.40 Å². The first-order chi connectivity index (χ1) is 10.0. The van der Waals surface area contributed by atoms with Crippen LogP contribution in [0.25, 0.3) is 0 Å². The molecular formula is C12H17N3O6. The highest BCUT2D eigenvalue weighted by Crippen LogP contribution is 2.27. The number of aliphatic hydroxyl groups is 1. The fourth-order valence-electron chi connectivity index (χ4n) is 2.05. The highest BCUT2D eigenvalue weighted by Gasteiger charge is 2.35. The lowest BCUT2D eigenvalue weighted by atomic mass is 10.2. The van der Waals surface area contributed by atoms with Gasteiger partial charge in [0.05, 0.1) is 6.10 Å². The third-order valence-corrected chi connectivity index (χ3v) is 3.14. The normalized spacial score (nSPS) is 25.4. The predicted octanol–water partition coefficient (Wildman–Crippen LogP) is -0.900. The molecule has 116 valence electrons. The zero-order valence-corrected chi connectivity index (χ0v) is 11.7. The Balaban J connectivity index is 2.07. The molecule has 0 amide bonds. The van der Waals surface area contributed by atoms with Crippen molar-refractivity contribution >= 4 is 6.40 Å². The fourth-order valence-corrected chi connectivity index (χ4v) is 2.05. The van der Waals surface area contributed by atoms with Gasteiger partial charge in [0, 0.05) is 18.2 Å². The number of H-pyrrole nitrogens is 1. The van der Waals surface area contributed by atoms with Crippen molar-refractivity contribution in [3.8, 4) is 0 Å². The van der Waals surface area contributed by atoms with E-state index >= 15 is 0 Å². The summed E-state index contributed by atoms with van der Waals surface area (Å²) in [5, 5.41) is 13.3. The molecule has 1 fully saturated rings. The Kier molecular flexibility index (Phi) is 4.76. The summed E-state index contributed by atoms with van der Waals surface area (Å²) in [6.07, 6.45) is 0.688. The van der Waals surface area contributed by atoms with E-state index in [9.17, 15) is 14.7 Å². The van der Waals surface area contributed by atoms with E-state index in [1.165, 1.54) is 17.9 Å². The molecule has 9 nitrogen and oxygen atoms in total. The molecule has 9 heteroatoms. The third kappa shape index (κ3) is 3.50. The van der Waals surface area contributed by atoms with E-state index in [2.05, 4.69) is 15.0 Å². The van der Waals surface area contributed by atoms with E-state index in [1.807, 2.05) is 0 Å². The predicted molar refractivity (Wildman–Crippen MR) is 72.0 cm³/mol. The van der Waals surface area contributed by atoms with Crippen LogP contribution in [0.1, 0.15) is 18.2 Å². The molecule has 0 unspecified atom stereocenters. The number of aromatic nitrogens is 2. The van der Waals surface area contributed by atoms with Crippen molar-refractivity contribution in [2.24, 2.45) is 5.16 Å². The second-order valence-electron chi connectivity index (χ2n) is 4.64. The van der Waals surface area contributed by atoms with Crippen molar-refractivity contribution < 1.29 is 19.4 Å². The minimum Gasteiger partial charge on any atom is -0.478 e. The van der Waals surface area contributed by atoms with Gasteiger partial charge in [-0.25, -0.2) is 4.79 Å². The van der Waals surface area contributed by atoms with Crippen LogP contribution < -0.4 is 11.2 Å². The second kappa shape index (κ2) is 6.55. The van der Waals surface area contributed by atoms with Crippen LogP contribution in [0.5, 0.6) is 0 Å². The van der Waals surface area contributed by atoms with Gasteiger partial charge in [-0.05, 0) is 6.92 Å². The molecule has 2 rings (SSSR count). The average molecular weight is 299 g/mol. The second-order valence-corrected chi connectivity index (χ2v) is 4.64. The van der Waals surface area contributed by atoms with Crippen LogP contribution in [0.15, 0.2) is 20.9 Å². The van der Waals surface area contributed by atoms with Gasteiger partial charge < -0.3 is 19.4 Å². The van der Waals surface area contributed by atoms with Gasteiger partial charge in [0.2, 0.25) is 6.40 Å². The summed E-state index contributed by atoms with van der Waals surface area (Å²) in [5.74, 6) is 0. The number of ether oxygens (including phenoxy) is 2. The van der Waals surface area contributed by atoms with E-state index in [-0.39, 0.29) is 13.0 Å². The van der Waals surface area contributed by atoms with Crippen molar-refractivity contribution in [3.05, 3.63) is 32.6 Å². The van der Waals surface area contributed by atoms with Crippen LogP contribution in [-0.2, 0) is 14.3 Å². The van der Waals surface area contributed by atoms with Gasteiger partial charge in [-0.3, -0.25) is 14.3 Å². The summed E-state index contributed by atoms with van der Waals surface area (Å²) in [6.45, 7) is 1.66. The van der Waals surface area contributed by atoms with Gasteiger partial charge in [0.1, 0.15) is 26.0 Å². The van der Waals surface area contributed by atoms with Crippen LogP contribution in [-0.4, -0.2) is 47.0 Å². The maximum Gasteiger partial charge on any atom is 0.330 e. The number of rotatable bonds is 5. The molecule has 0 saturated carbocycles. The number of oxime groups is 1. The summed E-state index contributed by atoms with van der Waals surface area (Å²) >= 11 is 0. The van der Waals surface area contributed by atoms with E-state index < -0.39 is 29.7 Å². The number of hydrogen-bond donors (Lipinski definition) is 2. The number of hydrogen-bond acceptors (Lipinski definition) is 7. The molecule has 3 atom stereocenters. The number of nitrogens with one attached hydrogen (secondary N) is 1. The zero-order valence-electron chi connectivity index (χ0n) is 11.7. The summed E-state index contributed by atoms with van der Waals surface area (Å²) in [6, 6.07) is 0. The SMILES string of the molecule is CON=COC[C@H]1O[C@@H](n2cc(C)c(=O)[nH]c2=O)C[C@@H]1O. The Labute approximate surface area is 119 Å². The molecule has 21 heavy (non-hydrogen) atoms. The Morgan fingerprint density at radius 3 is 3.10 bits per heavy atom. The average Bonchev–Trinajstić information content (AvgIpc) is 2.80. The number of aryl methyl sites for hydroxylation is 1. The lowest BCUT2D eigenvalue weighted by Crippen LogP contribution is -2.33. The molecule has 1 aliphatic rings. The van der Waals surface area contributed by atoms with Gasteiger partial charge in [-0.15, -0.1) is 0 Å². The summed E-state index contributed by atoms with van der Waals surface area (Å²) < 4.78 is 11.9. The smallest absolute Gasteiger partial charge is 0.330 e. The monoisotopic (exact) mass is 299 g/mol. The molecule has 2 N–H and O–H groups in total. The Bertz CT molecular complexity index is 622. The van der Waals surface area contributed by atoms with E-state index in [1.54, 1.807) is 6.92 Å². The van der Waals surface area contributed by atoms with Gasteiger partial charge in [0.15, 0.2) is 0 Å². The van der Waals surface area contributed by atoms with Crippen molar-refractivity contribution in [2.75, 3.05) is 13.7 Å². The van der Waals surface area contributed by atoms with E-state index in [4.69, 9.17) is 9.47 Å². The van der Waals surface area contributed by atoms with Crippen LogP contribution in [0.4, 0.5) is 0 Å². The largest absolute Gasteiger partial charge is 0.478 e. The highest BCUT2D eigenvalue weighted by molar-refractivity contribution is 5.45. The maximum absolute atomic E-state index is 11.8. The number of nitrogens with zero attached hydrogens (tertiary/aromatic N) is 2. The minimum absolute atomic E-state index is 0.0710. The lowest BCUT2D eigenvalue weighted by molar-refractivity contribution is -0.0426. The first-order valence-corrected chi connectivity index (χ1v) is 6.35. The molecule has 0 aromatic carbocycles. The number of aromatic amines is 1. The molecule has 1 aromatic rings. The molecular weight excluding hydrogens is 282 g/mol. The Hall–Kier alpha value is -2.13. The van der Waals surface area contributed by atoms with E-state index in [0.29, 0.717) is 5.56 Å². The molecule has 1 saturated heterocycles.